The van der Waals surface area contributed by atoms with Crippen molar-refractivity contribution in [2.45, 2.75) is 59.6 Å². The average molecular weight is 345 g/mol. The SMILES string of the molecule is Cc1nc(COc2ccccc2C(=O)NC(C)CCCC(C)C)no1. The molecule has 0 spiro atoms. The van der Waals surface area contributed by atoms with Crippen LogP contribution in [-0.2, 0) is 6.61 Å². The molecule has 1 aromatic heterocycles. The molecule has 6 nitrogen and oxygen atoms in total. The summed E-state index contributed by atoms with van der Waals surface area (Å²) in [7, 11) is 0. The van der Waals surface area contributed by atoms with Crippen molar-refractivity contribution in [2.24, 2.45) is 5.92 Å². The van der Waals surface area contributed by atoms with Crippen molar-refractivity contribution in [3.05, 3.63) is 41.5 Å². The van der Waals surface area contributed by atoms with Gasteiger partial charge in [0.15, 0.2) is 6.61 Å². The molecule has 0 bridgehead atoms. The maximum Gasteiger partial charge on any atom is 0.255 e. The molecule has 136 valence electrons. The molecule has 0 radical (unpaired) electrons. The van der Waals surface area contributed by atoms with Crippen LogP contribution in [0.25, 0.3) is 0 Å². The molecule has 6 heteroatoms. The molecule has 1 atom stereocenters. The number of benzene rings is 1. The van der Waals surface area contributed by atoms with E-state index in [1.165, 1.54) is 6.42 Å². The second kappa shape index (κ2) is 9.20. The summed E-state index contributed by atoms with van der Waals surface area (Å²) in [6.45, 7) is 8.33. The molecule has 1 heterocycles. The van der Waals surface area contributed by atoms with Gasteiger partial charge in [-0.15, -0.1) is 0 Å². The van der Waals surface area contributed by atoms with Crippen LogP contribution in [0.4, 0.5) is 0 Å². The fraction of sp³-hybridized carbons (Fsp3) is 0.526. The van der Waals surface area contributed by atoms with Crippen LogP contribution in [0.15, 0.2) is 28.8 Å². The van der Waals surface area contributed by atoms with Gasteiger partial charge in [0.05, 0.1) is 5.56 Å². The van der Waals surface area contributed by atoms with Crippen LogP contribution in [0.3, 0.4) is 0 Å². The monoisotopic (exact) mass is 345 g/mol. The van der Waals surface area contributed by atoms with Gasteiger partial charge in [0.2, 0.25) is 11.7 Å². The first kappa shape index (κ1) is 19.0. The maximum atomic E-state index is 12.5. The summed E-state index contributed by atoms with van der Waals surface area (Å²) < 4.78 is 10.6. The lowest BCUT2D eigenvalue weighted by atomic mass is 10.0. The molecule has 0 saturated heterocycles. The molecule has 0 fully saturated rings. The first-order valence-corrected chi connectivity index (χ1v) is 8.77. The van der Waals surface area contributed by atoms with Gasteiger partial charge in [-0.05, 0) is 31.4 Å². The molecule has 0 aliphatic carbocycles. The van der Waals surface area contributed by atoms with Gasteiger partial charge >= 0.3 is 0 Å². The quantitative estimate of drug-likeness (QED) is 0.746. The van der Waals surface area contributed by atoms with Gasteiger partial charge in [0.25, 0.3) is 5.91 Å². The predicted octanol–water partition coefficient (Wildman–Crippen LogP) is 3.90. The Bertz CT molecular complexity index is 682. The van der Waals surface area contributed by atoms with E-state index in [2.05, 4.69) is 29.3 Å². The van der Waals surface area contributed by atoms with Gasteiger partial charge in [-0.2, -0.15) is 4.98 Å². The third-order valence-electron chi connectivity index (χ3n) is 3.85. The lowest BCUT2D eigenvalue weighted by Crippen LogP contribution is -2.32. The van der Waals surface area contributed by atoms with E-state index in [0.29, 0.717) is 28.9 Å². The Labute approximate surface area is 149 Å². The summed E-state index contributed by atoms with van der Waals surface area (Å²) in [5.74, 6) is 2.01. The molecule has 1 amide bonds. The van der Waals surface area contributed by atoms with Gasteiger partial charge in [0.1, 0.15) is 5.75 Å². The van der Waals surface area contributed by atoms with Crippen LogP contribution in [0, 0.1) is 12.8 Å². The Hall–Kier alpha value is -2.37. The molecule has 0 aliphatic rings. The summed E-state index contributed by atoms with van der Waals surface area (Å²) in [4.78, 5) is 16.6. The first-order valence-electron chi connectivity index (χ1n) is 8.77. The summed E-state index contributed by atoms with van der Waals surface area (Å²) in [6.07, 6.45) is 3.24. The minimum absolute atomic E-state index is 0.124. The number of amides is 1. The number of nitrogens with zero attached hydrogens (tertiary/aromatic N) is 2. The van der Waals surface area contributed by atoms with E-state index in [9.17, 15) is 4.79 Å². The van der Waals surface area contributed by atoms with Crippen LogP contribution >= 0.6 is 0 Å². The maximum absolute atomic E-state index is 12.5. The van der Waals surface area contributed by atoms with E-state index in [-0.39, 0.29) is 18.6 Å². The average Bonchev–Trinajstić information content (AvgIpc) is 2.98. The summed E-state index contributed by atoms with van der Waals surface area (Å²) in [5.41, 5.74) is 0.512. The number of para-hydroxylation sites is 1. The van der Waals surface area contributed by atoms with E-state index in [4.69, 9.17) is 9.26 Å². The van der Waals surface area contributed by atoms with Crippen molar-refractivity contribution in [3.8, 4) is 5.75 Å². The van der Waals surface area contributed by atoms with Crippen LogP contribution in [0.1, 0.15) is 62.1 Å². The summed E-state index contributed by atoms with van der Waals surface area (Å²) in [6, 6.07) is 7.31. The fourth-order valence-electron chi connectivity index (χ4n) is 2.53. The van der Waals surface area contributed by atoms with Crippen molar-refractivity contribution >= 4 is 5.91 Å². The Morgan fingerprint density at radius 3 is 2.68 bits per heavy atom. The van der Waals surface area contributed by atoms with Gasteiger partial charge in [-0.25, -0.2) is 0 Å². The minimum Gasteiger partial charge on any atom is -0.485 e. The number of hydrogen-bond donors (Lipinski definition) is 1. The van der Waals surface area contributed by atoms with Crippen molar-refractivity contribution in [2.75, 3.05) is 0 Å². The van der Waals surface area contributed by atoms with E-state index in [1.54, 1.807) is 19.1 Å². The van der Waals surface area contributed by atoms with Crippen molar-refractivity contribution in [1.29, 1.82) is 0 Å². The largest absolute Gasteiger partial charge is 0.485 e. The number of carbonyl (C=O) groups excluding carboxylic acids is 1. The van der Waals surface area contributed by atoms with Crippen LogP contribution in [0.5, 0.6) is 5.75 Å². The molecule has 1 unspecified atom stereocenters. The van der Waals surface area contributed by atoms with E-state index in [1.807, 2.05) is 19.1 Å². The van der Waals surface area contributed by atoms with E-state index in [0.717, 1.165) is 12.8 Å². The van der Waals surface area contributed by atoms with E-state index >= 15 is 0 Å². The summed E-state index contributed by atoms with van der Waals surface area (Å²) >= 11 is 0. The number of rotatable bonds is 9. The molecule has 2 aromatic rings. The molecule has 0 aliphatic heterocycles. The number of hydrogen-bond acceptors (Lipinski definition) is 5. The molecule has 1 N–H and O–H groups in total. The standard InChI is InChI=1S/C19H27N3O3/c1-13(2)8-7-9-14(3)20-19(23)16-10-5-6-11-17(16)24-12-18-21-15(4)25-22-18/h5-6,10-11,13-14H,7-9,12H2,1-4H3,(H,20,23). The van der Waals surface area contributed by atoms with Crippen LogP contribution in [-0.4, -0.2) is 22.1 Å². The number of carbonyl (C=O) groups is 1. The molecular weight excluding hydrogens is 318 g/mol. The smallest absolute Gasteiger partial charge is 0.255 e. The second-order valence-electron chi connectivity index (χ2n) is 6.71. The zero-order chi connectivity index (χ0) is 18.2. The first-order chi connectivity index (χ1) is 12.0. The normalized spacial score (nSPS) is 12.2. The molecular formula is C19H27N3O3. The Morgan fingerprint density at radius 1 is 1.24 bits per heavy atom. The Kier molecular flexibility index (Phi) is 6.98. The fourth-order valence-corrected chi connectivity index (χ4v) is 2.53. The van der Waals surface area contributed by atoms with Gasteiger partial charge in [0, 0.05) is 13.0 Å². The molecule has 1 aromatic carbocycles. The minimum atomic E-state index is -0.128. The number of nitrogens with one attached hydrogen (secondary N) is 1. The van der Waals surface area contributed by atoms with Gasteiger partial charge < -0.3 is 14.6 Å². The van der Waals surface area contributed by atoms with Crippen LogP contribution < -0.4 is 10.1 Å². The number of aryl methyl sites for hydroxylation is 1. The van der Waals surface area contributed by atoms with Crippen LogP contribution in [0.2, 0.25) is 0 Å². The highest BCUT2D eigenvalue weighted by Gasteiger charge is 2.15. The topological polar surface area (TPSA) is 77.2 Å². The third-order valence-corrected chi connectivity index (χ3v) is 3.85. The van der Waals surface area contributed by atoms with Crippen molar-refractivity contribution in [3.63, 3.8) is 0 Å². The zero-order valence-electron chi connectivity index (χ0n) is 15.4. The zero-order valence-corrected chi connectivity index (χ0v) is 15.4. The van der Waals surface area contributed by atoms with Gasteiger partial charge in [-0.3, -0.25) is 4.79 Å². The number of ether oxygens (including phenoxy) is 1. The molecule has 2 rings (SSSR count). The highest BCUT2D eigenvalue weighted by molar-refractivity contribution is 5.97. The lowest BCUT2D eigenvalue weighted by molar-refractivity contribution is 0.0933. The third kappa shape index (κ3) is 6.21. The van der Waals surface area contributed by atoms with Gasteiger partial charge in [-0.1, -0.05) is 44.0 Å². The number of aromatic nitrogens is 2. The lowest BCUT2D eigenvalue weighted by Gasteiger charge is -2.16. The van der Waals surface area contributed by atoms with Crippen molar-refractivity contribution in [1.82, 2.24) is 15.5 Å². The summed E-state index contributed by atoms with van der Waals surface area (Å²) in [5, 5.41) is 6.83. The highest BCUT2D eigenvalue weighted by atomic mass is 16.5. The predicted molar refractivity (Wildman–Crippen MR) is 95.4 cm³/mol. The van der Waals surface area contributed by atoms with E-state index < -0.39 is 0 Å². The Morgan fingerprint density at radius 2 is 2.00 bits per heavy atom. The highest BCUT2D eigenvalue weighted by Crippen LogP contribution is 2.19. The Balaban J connectivity index is 1.92. The molecule has 25 heavy (non-hydrogen) atoms. The molecule has 0 saturated carbocycles. The van der Waals surface area contributed by atoms with Crippen molar-refractivity contribution < 1.29 is 14.1 Å². The second-order valence-corrected chi connectivity index (χ2v) is 6.71.